The van der Waals surface area contributed by atoms with Gasteiger partial charge in [-0.05, 0) is 48.8 Å². The van der Waals surface area contributed by atoms with Crippen LogP contribution in [0.25, 0.3) is 0 Å². The highest BCUT2D eigenvalue weighted by atomic mass is 32.2. The number of aliphatic imine (C=N–C) groups is 1. The first-order valence-corrected chi connectivity index (χ1v) is 12.6. The largest absolute Gasteiger partial charge is 0.343 e. The van der Waals surface area contributed by atoms with Crippen molar-refractivity contribution in [1.82, 2.24) is 4.90 Å². The summed E-state index contributed by atoms with van der Waals surface area (Å²) in [5, 5.41) is 0.677. The van der Waals surface area contributed by atoms with Crippen LogP contribution in [-0.4, -0.2) is 53.2 Å². The Kier molecular flexibility index (Phi) is 4.54. The maximum atomic E-state index is 13.1. The molecule has 2 saturated carbocycles. The number of hydrogen-bond acceptors (Lipinski definition) is 4. The number of benzene rings is 1. The number of sulfone groups is 1. The van der Waals surface area contributed by atoms with Gasteiger partial charge in [-0.1, -0.05) is 30.3 Å². The molecule has 2 heterocycles. The fourth-order valence-corrected chi connectivity index (χ4v) is 9.44. The molecule has 2 bridgehead atoms. The molecule has 0 unspecified atom stereocenters. The van der Waals surface area contributed by atoms with Crippen molar-refractivity contribution in [2.45, 2.75) is 49.4 Å². The lowest BCUT2D eigenvalue weighted by Crippen LogP contribution is -2.47. The first kappa shape index (κ1) is 18.6. The zero-order valence-electron chi connectivity index (χ0n) is 15.5. The van der Waals surface area contributed by atoms with Crippen LogP contribution in [0.1, 0.15) is 31.2 Å². The SMILES string of the molecule is O=C(Cc1ccc(F)cc1)N=C1S[C@@H]2CS(=O)(=O)C[C@H]2N1[C@@H]1C[C@H]2CC[C@H]1C2. The molecule has 2 saturated heterocycles. The maximum absolute atomic E-state index is 13.1. The number of halogens is 1. The van der Waals surface area contributed by atoms with Gasteiger partial charge in [-0.25, -0.2) is 12.8 Å². The number of thioether (sulfide) groups is 1. The molecule has 1 aromatic rings. The van der Waals surface area contributed by atoms with E-state index in [0.717, 1.165) is 17.9 Å². The summed E-state index contributed by atoms with van der Waals surface area (Å²) >= 11 is 1.46. The van der Waals surface area contributed by atoms with Gasteiger partial charge in [0, 0.05) is 11.3 Å². The minimum Gasteiger partial charge on any atom is -0.343 e. The number of amides is 1. The quantitative estimate of drug-likeness (QED) is 0.749. The molecule has 28 heavy (non-hydrogen) atoms. The van der Waals surface area contributed by atoms with Crippen LogP contribution in [0.4, 0.5) is 4.39 Å². The molecule has 5 atom stereocenters. The van der Waals surface area contributed by atoms with E-state index in [1.807, 2.05) is 0 Å². The fourth-order valence-electron chi connectivity index (χ4n) is 5.45. The van der Waals surface area contributed by atoms with Crippen molar-refractivity contribution in [1.29, 1.82) is 0 Å². The van der Waals surface area contributed by atoms with Crippen molar-refractivity contribution >= 4 is 32.7 Å². The van der Waals surface area contributed by atoms with Gasteiger partial charge in [-0.15, -0.1) is 0 Å². The lowest BCUT2D eigenvalue weighted by atomic mass is 9.93. The molecule has 0 radical (unpaired) electrons. The second-order valence-corrected chi connectivity index (χ2v) is 11.9. The van der Waals surface area contributed by atoms with Gasteiger partial charge in [0.1, 0.15) is 5.82 Å². The number of hydrogen-bond donors (Lipinski definition) is 0. The van der Waals surface area contributed by atoms with Crippen LogP contribution in [0.2, 0.25) is 0 Å². The Labute approximate surface area is 168 Å². The van der Waals surface area contributed by atoms with Crippen LogP contribution >= 0.6 is 11.8 Å². The third kappa shape index (κ3) is 3.38. The van der Waals surface area contributed by atoms with Crippen LogP contribution in [0.3, 0.4) is 0 Å². The molecule has 1 amide bonds. The topological polar surface area (TPSA) is 66.8 Å². The summed E-state index contributed by atoms with van der Waals surface area (Å²) in [5.41, 5.74) is 0.730. The minimum absolute atomic E-state index is 0.0264. The summed E-state index contributed by atoms with van der Waals surface area (Å²) in [4.78, 5) is 19.2. The molecule has 2 aliphatic carbocycles. The minimum atomic E-state index is -3.02. The lowest BCUT2D eigenvalue weighted by molar-refractivity contribution is -0.117. The third-order valence-corrected chi connectivity index (χ3v) is 9.88. The zero-order valence-corrected chi connectivity index (χ0v) is 17.1. The van der Waals surface area contributed by atoms with Gasteiger partial charge in [0.25, 0.3) is 5.91 Å². The third-order valence-electron chi connectivity index (χ3n) is 6.65. The highest BCUT2D eigenvalue weighted by Gasteiger charge is 2.54. The normalized spacial score (nSPS) is 37.0. The van der Waals surface area contributed by atoms with Crippen LogP contribution in [0, 0.1) is 17.7 Å². The zero-order chi connectivity index (χ0) is 19.5. The molecule has 8 heteroatoms. The van der Waals surface area contributed by atoms with Crippen LogP contribution in [0.5, 0.6) is 0 Å². The highest BCUT2D eigenvalue weighted by molar-refractivity contribution is 8.15. The molecule has 4 fully saturated rings. The van der Waals surface area contributed by atoms with E-state index in [9.17, 15) is 17.6 Å². The van der Waals surface area contributed by atoms with Crippen molar-refractivity contribution in [2.24, 2.45) is 16.8 Å². The van der Waals surface area contributed by atoms with Gasteiger partial charge in [-0.2, -0.15) is 4.99 Å². The predicted molar refractivity (Wildman–Crippen MR) is 107 cm³/mol. The Hall–Kier alpha value is -1.41. The van der Waals surface area contributed by atoms with Crippen molar-refractivity contribution in [2.75, 3.05) is 11.5 Å². The Morgan fingerprint density at radius 1 is 1.14 bits per heavy atom. The summed E-state index contributed by atoms with van der Waals surface area (Å²) < 4.78 is 37.4. The van der Waals surface area contributed by atoms with Gasteiger partial charge in [0.15, 0.2) is 15.0 Å². The van der Waals surface area contributed by atoms with E-state index in [0.29, 0.717) is 17.1 Å². The summed E-state index contributed by atoms with van der Waals surface area (Å²) in [6.45, 7) is 0. The van der Waals surface area contributed by atoms with Crippen LogP contribution < -0.4 is 0 Å². The van der Waals surface area contributed by atoms with Crippen molar-refractivity contribution in [3.63, 3.8) is 0 Å². The Morgan fingerprint density at radius 3 is 2.61 bits per heavy atom. The van der Waals surface area contributed by atoms with E-state index < -0.39 is 9.84 Å². The molecule has 2 aliphatic heterocycles. The molecule has 1 aromatic carbocycles. The average molecular weight is 423 g/mol. The number of amidine groups is 1. The first-order valence-electron chi connectivity index (χ1n) is 9.89. The predicted octanol–water partition coefficient (Wildman–Crippen LogP) is 2.65. The number of rotatable bonds is 3. The second-order valence-electron chi connectivity index (χ2n) is 8.54. The number of carbonyl (C=O) groups is 1. The number of fused-ring (bicyclic) bond motifs is 3. The Balaban J connectivity index is 1.40. The van der Waals surface area contributed by atoms with Gasteiger partial charge in [0.05, 0.1) is 24.0 Å². The molecule has 0 N–H and O–H groups in total. The first-order chi connectivity index (χ1) is 13.4. The van der Waals surface area contributed by atoms with E-state index in [1.165, 1.54) is 43.2 Å². The average Bonchev–Trinajstić information content (AvgIpc) is 3.36. The molecule has 4 aliphatic rings. The van der Waals surface area contributed by atoms with E-state index in [4.69, 9.17) is 0 Å². The highest BCUT2D eigenvalue weighted by Crippen LogP contribution is 2.51. The molecule has 0 spiro atoms. The molecule has 150 valence electrons. The second kappa shape index (κ2) is 6.83. The van der Waals surface area contributed by atoms with E-state index in [-0.39, 0.29) is 40.9 Å². The molecular formula is C20H23FN2O3S2. The lowest BCUT2D eigenvalue weighted by Gasteiger charge is -2.36. The summed E-state index contributed by atoms with van der Waals surface area (Å²) in [5.74, 6) is 1.07. The molecular weight excluding hydrogens is 399 g/mol. The fraction of sp³-hybridized carbons (Fsp3) is 0.600. The summed E-state index contributed by atoms with van der Waals surface area (Å²) in [7, 11) is -3.02. The van der Waals surface area contributed by atoms with Crippen LogP contribution in [0.15, 0.2) is 29.3 Å². The van der Waals surface area contributed by atoms with E-state index >= 15 is 0 Å². The van der Waals surface area contributed by atoms with Gasteiger partial charge in [-0.3, -0.25) is 4.79 Å². The Bertz CT molecular complexity index is 931. The summed E-state index contributed by atoms with van der Waals surface area (Å²) in [6, 6.07) is 6.14. The van der Waals surface area contributed by atoms with E-state index in [2.05, 4.69) is 9.89 Å². The Morgan fingerprint density at radius 2 is 1.93 bits per heavy atom. The molecule has 5 nitrogen and oxygen atoms in total. The van der Waals surface area contributed by atoms with Gasteiger partial charge >= 0.3 is 0 Å². The number of nitrogens with zero attached hydrogens (tertiary/aromatic N) is 2. The van der Waals surface area contributed by atoms with Crippen molar-refractivity contribution in [3.05, 3.63) is 35.6 Å². The maximum Gasteiger partial charge on any atom is 0.252 e. The van der Waals surface area contributed by atoms with Gasteiger partial charge < -0.3 is 4.90 Å². The molecule has 5 rings (SSSR count). The number of carbonyl (C=O) groups excluding carboxylic acids is 1. The van der Waals surface area contributed by atoms with E-state index in [1.54, 1.807) is 12.1 Å². The monoisotopic (exact) mass is 422 g/mol. The molecule has 0 aromatic heterocycles. The standard InChI is InChI=1S/C20H23FN2O3S2/c21-15-5-2-12(3-6-15)9-19(24)22-20-23(16-8-13-1-4-14(16)7-13)17-10-28(25,26)11-18(17)27-20/h2-3,5-6,13-14,16-18H,1,4,7-11H2/t13-,14-,16+,17+,18+/m0/s1. The van der Waals surface area contributed by atoms with Crippen molar-refractivity contribution < 1.29 is 17.6 Å². The smallest absolute Gasteiger partial charge is 0.252 e. The van der Waals surface area contributed by atoms with Crippen molar-refractivity contribution in [3.8, 4) is 0 Å². The van der Waals surface area contributed by atoms with Gasteiger partial charge in [0.2, 0.25) is 0 Å². The summed E-state index contributed by atoms with van der Waals surface area (Å²) in [6.07, 6.45) is 4.89. The van der Waals surface area contributed by atoms with Crippen LogP contribution in [-0.2, 0) is 21.1 Å².